The standard InChI is InChI=1S/C18H27N3O7S/c1-18(2,3)28-17(22)20-8-6-13(7-9-20)12-27-16-5-4-14(11-19-29(25)26)10-15(16)21(23)24/h4-5,10,13,29H,6-9,11-12H2,1-3H3,(H,19,25,26). The van der Waals surface area contributed by atoms with Gasteiger partial charge in [0.05, 0.1) is 11.5 Å². The van der Waals surface area contributed by atoms with E-state index in [1.165, 1.54) is 12.1 Å². The van der Waals surface area contributed by atoms with Crippen LogP contribution in [0.3, 0.4) is 0 Å². The van der Waals surface area contributed by atoms with Gasteiger partial charge in [0.25, 0.3) is 0 Å². The van der Waals surface area contributed by atoms with E-state index in [2.05, 4.69) is 4.72 Å². The molecule has 0 radical (unpaired) electrons. The van der Waals surface area contributed by atoms with E-state index in [1.54, 1.807) is 11.0 Å². The second-order valence-electron chi connectivity index (χ2n) is 7.87. The topological polar surface area (TPSA) is 128 Å². The van der Waals surface area contributed by atoms with Crippen LogP contribution in [0.4, 0.5) is 10.5 Å². The normalized spacial score (nSPS) is 15.4. The number of hydrogen-bond donors (Lipinski definition) is 2. The zero-order valence-electron chi connectivity index (χ0n) is 16.8. The van der Waals surface area contributed by atoms with Gasteiger partial charge in [0.15, 0.2) is 5.75 Å². The number of nitro groups is 1. The molecule has 1 aromatic carbocycles. The third-order valence-electron chi connectivity index (χ3n) is 4.37. The molecule has 29 heavy (non-hydrogen) atoms. The summed E-state index contributed by atoms with van der Waals surface area (Å²) in [6, 6.07) is 4.36. The fourth-order valence-corrected chi connectivity index (χ4v) is 3.22. The molecule has 0 atom stereocenters. The van der Waals surface area contributed by atoms with Crippen molar-refractivity contribution in [3.05, 3.63) is 33.9 Å². The molecule has 1 aliphatic rings. The van der Waals surface area contributed by atoms with Crippen molar-refractivity contribution < 1.29 is 27.6 Å². The Labute approximate surface area is 171 Å². The van der Waals surface area contributed by atoms with Crippen LogP contribution in [-0.2, 0) is 22.2 Å². The van der Waals surface area contributed by atoms with Crippen molar-refractivity contribution >= 4 is 22.7 Å². The molecule has 0 aromatic heterocycles. The number of ether oxygens (including phenoxy) is 2. The number of amides is 1. The molecule has 1 heterocycles. The quantitative estimate of drug-likeness (QED) is 0.386. The van der Waals surface area contributed by atoms with E-state index < -0.39 is 21.4 Å². The summed E-state index contributed by atoms with van der Waals surface area (Å²) in [6.07, 6.45) is 1.09. The summed E-state index contributed by atoms with van der Waals surface area (Å²) in [5.74, 6) is 0.305. The number of nitrogens with one attached hydrogen (secondary N) is 1. The number of nitro benzene ring substituents is 1. The molecule has 11 heteroatoms. The van der Waals surface area contributed by atoms with Crippen LogP contribution in [0, 0.1) is 16.0 Å². The number of nitrogens with zero attached hydrogens (tertiary/aromatic N) is 2. The maximum absolute atomic E-state index is 12.1. The molecule has 162 valence electrons. The fraction of sp³-hybridized carbons (Fsp3) is 0.611. The summed E-state index contributed by atoms with van der Waals surface area (Å²) < 4.78 is 34.5. The lowest BCUT2D eigenvalue weighted by Crippen LogP contribution is -2.42. The Balaban J connectivity index is 1.90. The van der Waals surface area contributed by atoms with Crippen molar-refractivity contribution in [1.82, 2.24) is 9.62 Å². The predicted octanol–water partition coefficient (Wildman–Crippen LogP) is 2.24. The highest BCUT2D eigenvalue weighted by atomic mass is 32.2. The molecule has 0 saturated carbocycles. The smallest absolute Gasteiger partial charge is 0.410 e. The molecule has 1 N–H and O–H groups in total. The van der Waals surface area contributed by atoms with Gasteiger partial charge in [-0.3, -0.25) is 10.1 Å². The van der Waals surface area contributed by atoms with Crippen LogP contribution in [0.15, 0.2) is 18.2 Å². The first-order valence-corrected chi connectivity index (χ1v) is 10.5. The van der Waals surface area contributed by atoms with Crippen molar-refractivity contribution in [3.63, 3.8) is 0 Å². The number of hydrogen-bond acceptors (Lipinski definition) is 7. The lowest BCUT2D eigenvalue weighted by atomic mass is 9.98. The molecule has 0 aliphatic carbocycles. The number of thiol groups is 1. The van der Waals surface area contributed by atoms with Crippen LogP contribution in [-0.4, -0.2) is 49.6 Å². The molecular weight excluding hydrogens is 402 g/mol. The predicted molar refractivity (Wildman–Crippen MR) is 106 cm³/mol. The Morgan fingerprint density at radius 2 is 1.97 bits per heavy atom. The highest BCUT2D eigenvalue weighted by Gasteiger charge is 2.27. The Hall–Kier alpha value is -2.40. The summed E-state index contributed by atoms with van der Waals surface area (Å²) in [4.78, 5) is 24.5. The maximum Gasteiger partial charge on any atom is 0.410 e. The lowest BCUT2D eigenvalue weighted by molar-refractivity contribution is -0.386. The van der Waals surface area contributed by atoms with Gasteiger partial charge in [0.2, 0.25) is 10.9 Å². The van der Waals surface area contributed by atoms with Gasteiger partial charge >= 0.3 is 11.8 Å². The van der Waals surface area contributed by atoms with E-state index in [1.807, 2.05) is 20.8 Å². The molecule has 1 aromatic rings. The third-order valence-corrected chi connectivity index (χ3v) is 4.79. The zero-order chi connectivity index (χ0) is 21.6. The van der Waals surface area contributed by atoms with Crippen LogP contribution in [0.25, 0.3) is 0 Å². The minimum Gasteiger partial charge on any atom is -0.487 e. The van der Waals surface area contributed by atoms with E-state index in [9.17, 15) is 23.3 Å². The van der Waals surface area contributed by atoms with Crippen LogP contribution in [0.5, 0.6) is 5.75 Å². The second kappa shape index (κ2) is 9.88. The van der Waals surface area contributed by atoms with Gasteiger partial charge in [-0.15, -0.1) is 0 Å². The number of benzene rings is 1. The largest absolute Gasteiger partial charge is 0.487 e. The average Bonchev–Trinajstić information content (AvgIpc) is 2.63. The molecule has 0 bridgehead atoms. The van der Waals surface area contributed by atoms with Crippen molar-refractivity contribution in [2.75, 3.05) is 19.7 Å². The third kappa shape index (κ3) is 7.50. The number of piperidine rings is 1. The number of rotatable bonds is 7. The molecular formula is C18H27N3O7S. The Morgan fingerprint density at radius 3 is 2.52 bits per heavy atom. The van der Waals surface area contributed by atoms with Crippen LogP contribution in [0.1, 0.15) is 39.2 Å². The van der Waals surface area contributed by atoms with E-state index in [4.69, 9.17) is 9.47 Å². The zero-order valence-corrected chi connectivity index (χ0v) is 17.6. The minimum absolute atomic E-state index is 0.0249. The second-order valence-corrected chi connectivity index (χ2v) is 8.70. The Kier molecular flexibility index (Phi) is 7.80. The van der Waals surface area contributed by atoms with E-state index >= 15 is 0 Å². The van der Waals surface area contributed by atoms with Gasteiger partial charge in [0, 0.05) is 25.7 Å². The summed E-state index contributed by atoms with van der Waals surface area (Å²) >= 11 is 0. The van der Waals surface area contributed by atoms with E-state index in [0.29, 0.717) is 38.1 Å². The summed E-state index contributed by atoms with van der Waals surface area (Å²) in [5, 5.41) is 11.3. The molecule has 0 unspecified atom stereocenters. The molecule has 1 amide bonds. The number of carbonyl (C=O) groups excluding carboxylic acids is 1. The van der Waals surface area contributed by atoms with Gasteiger partial charge in [-0.2, -0.15) is 0 Å². The van der Waals surface area contributed by atoms with Crippen LogP contribution >= 0.6 is 0 Å². The highest BCUT2D eigenvalue weighted by molar-refractivity contribution is 7.70. The van der Waals surface area contributed by atoms with Gasteiger partial charge in [-0.25, -0.2) is 17.9 Å². The van der Waals surface area contributed by atoms with Gasteiger partial charge < -0.3 is 14.4 Å². The van der Waals surface area contributed by atoms with E-state index in [0.717, 1.165) is 0 Å². The van der Waals surface area contributed by atoms with Crippen LogP contribution in [0.2, 0.25) is 0 Å². The molecule has 1 saturated heterocycles. The Bertz CT molecular complexity index is 804. The maximum atomic E-state index is 12.1. The first kappa shape index (κ1) is 22.9. The fourth-order valence-electron chi connectivity index (χ4n) is 2.91. The molecule has 1 fully saturated rings. The molecule has 2 rings (SSSR count). The summed E-state index contributed by atoms with van der Waals surface area (Å²) in [5.41, 5.74) is -0.286. The van der Waals surface area contributed by atoms with Gasteiger partial charge in [-0.1, -0.05) is 6.07 Å². The van der Waals surface area contributed by atoms with Crippen molar-refractivity contribution in [3.8, 4) is 5.75 Å². The lowest BCUT2D eigenvalue weighted by Gasteiger charge is -2.33. The van der Waals surface area contributed by atoms with Crippen LogP contribution < -0.4 is 9.46 Å². The van der Waals surface area contributed by atoms with E-state index in [-0.39, 0.29) is 30.0 Å². The van der Waals surface area contributed by atoms with Gasteiger partial charge in [0.1, 0.15) is 5.60 Å². The molecule has 1 aliphatic heterocycles. The van der Waals surface area contributed by atoms with Gasteiger partial charge in [-0.05, 0) is 51.2 Å². The summed E-state index contributed by atoms with van der Waals surface area (Å²) in [6.45, 7) is 6.82. The summed E-state index contributed by atoms with van der Waals surface area (Å²) in [7, 11) is -2.78. The van der Waals surface area contributed by atoms with Crippen molar-refractivity contribution in [1.29, 1.82) is 0 Å². The van der Waals surface area contributed by atoms with Crippen molar-refractivity contribution in [2.45, 2.75) is 45.8 Å². The first-order chi connectivity index (χ1) is 13.5. The first-order valence-electron chi connectivity index (χ1n) is 9.31. The SMILES string of the molecule is CC(C)(C)OC(=O)N1CCC(COc2ccc(CN[SH](=O)=O)cc2[N+](=O)[O-])CC1. The number of carbonyl (C=O) groups is 1. The Morgan fingerprint density at radius 1 is 1.31 bits per heavy atom. The monoisotopic (exact) mass is 429 g/mol. The number of likely N-dealkylation sites (tertiary alicyclic amines) is 1. The minimum atomic E-state index is -2.78. The highest BCUT2D eigenvalue weighted by Crippen LogP contribution is 2.29. The average molecular weight is 429 g/mol. The van der Waals surface area contributed by atoms with Crippen molar-refractivity contribution in [2.24, 2.45) is 5.92 Å². The molecule has 10 nitrogen and oxygen atoms in total. The molecule has 0 spiro atoms.